The van der Waals surface area contributed by atoms with Gasteiger partial charge in [0, 0.05) is 12.2 Å². The molecule has 1 rings (SSSR count). The van der Waals surface area contributed by atoms with E-state index in [-0.39, 0.29) is 18.2 Å². The SMILES string of the molecule is CCC(CO)N/C=C(/C#N)C(=O)Nc1cc(C)ccc1OC. The number of ether oxygens (including phenoxy) is 1. The summed E-state index contributed by atoms with van der Waals surface area (Å²) in [6.07, 6.45) is 2.00. The van der Waals surface area contributed by atoms with Gasteiger partial charge in [-0.15, -0.1) is 0 Å². The molecule has 0 spiro atoms. The van der Waals surface area contributed by atoms with E-state index in [1.807, 2.05) is 26.0 Å². The van der Waals surface area contributed by atoms with Gasteiger partial charge in [0.1, 0.15) is 17.4 Å². The lowest BCUT2D eigenvalue weighted by Gasteiger charge is -2.13. The second-order valence-electron chi connectivity index (χ2n) is 4.78. The minimum Gasteiger partial charge on any atom is -0.495 e. The Hall–Kier alpha value is -2.52. The van der Waals surface area contributed by atoms with Crippen molar-refractivity contribution in [2.24, 2.45) is 0 Å². The zero-order valence-corrected chi connectivity index (χ0v) is 13.0. The number of methoxy groups -OCH3 is 1. The van der Waals surface area contributed by atoms with Gasteiger partial charge in [0.2, 0.25) is 0 Å². The van der Waals surface area contributed by atoms with Gasteiger partial charge < -0.3 is 20.5 Å². The fourth-order valence-corrected chi connectivity index (χ4v) is 1.76. The zero-order valence-electron chi connectivity index (χ0n) is 13.0. The number of benzene rings is 1. The maximum absolute atomic E-state index is 12.2. The van der Waals surface area contributed by atoms with Crippen LogP contribution in [0.3, 0.4) is 0 Å². The molecule has 0 aliphatic heterocycles. The summed E-state index contributed by atoms with van der Waals surface area (Å²) in [5, 5.41) is 23.7. The summed E-state index contributed by atoms with van der Waals surface area (Å²) in [7, 11) is 1.51. The first-order valence-electron chi connectivity index (χ1n) is 6.98. The van der Waals surface area contributed by atoms with Crippen molar-refractivity contribution in [2.45, 2.75) is 26.3 Å². The van der Waals surface area contributed by atoms with Gasteiger partial charge >= 0.3 is 0 Å². The monoisotopic (exact) mass is 303 g/mol. The van der Waals surface area contributed by atoms with Crippen LogP contribution in [-0.4, -0.2) is 30.8 Å². The Labute approximate surface area is 130 Å². The zero-order chi connectivity index (χ0) is 16.5. The van der Waals surface area contributed by atoms with Crippen molar-refractivity contribution < 1.29 is 14.6 Å². The second-order valence-corrected chi connectivity index (χ2v) is 4.78. The van der Waals surface area contributed by atoms with Crippen molar-refractivity contribution in [2.75, 3.05) is 19.0 Å². The van der Waals surface area contributed by atoms with Crippen LogP contribution in [0.25, 0.3) is 0 Å². The molecule has 6 nitrogen and oxygen atoms in total. The molecule has 3 N–H and O–H groups in total. The normalized spacial score (nSPS) is 12.2. The Morgan fingerprint density at radius 3 is 2.82 bits per heavy atom. The third kappa shape index (κ3) is 4.79. The van der Waals surface area contributed by atoms with Gasteiger partial charge in [-0.1, -0.05) is 13.0 Å². The van der Waals surface area contributed by atoms with E-state index in [0.29, 0.717) is 17.9 Å². The lowest BCUT2D eigenvalue weighted by molar-refractivity contribution is -0.112. The molecule has 118 valence electrons. The number of aliphatic hydroxyl groups is 1. The van der Waals surface area contributed by atoms with E-state index in [0.717, 1.165) is 5.56 Å². The van der Waals surface area contributed by atoms with Crippen LogP contribution < -0.4 is 15.4 Å². The van der Waals surface area contributed by atoms with Crippen molar-refractivity contribution in [3.63, 3.8) is 0 Å². The molecule has 1 amide bonds. The van der Waals surface area contributed by atoms with E-state index in [1.165, 1.54) is 13.3 Å². The topological polar surface area (TPSA) is 94.4 Å². The minimum absolute atomic E-state index is 0.0704. The number of amides is 1. The Morgan fingerprint density at radius 2 is 2.27 bits per heavy atom. The molecule has 0 saturated carbocycles. The number of anilines is 1. The van der Waals surface area contributed by atoms with Crippen molar-refractivity contribution in [1.82, 2.24) is 5.32 Å². The summed E-state index contributed by atoms with van der Waals surface area (Å²) < 4.78 is 5.18. The molecule has 0 bridgehead atoms. The average molecular weight is 303 g/mol. The highest BCUT2D eigenvalue weighted by Gasteiger charge is 2.13. The Bertz CT molecular complexity index is 587. The van der Waals surface area contributed by atoms with Gasteiger partial charge in [-0.2, -0.15) is 5.26 Å². The first kappa shape index (κ1) is 17.5. The molecule has 0 heterocycles. The molecule has 0 aliphatic rings. The van der Waals surface area contributed by atoms with Gasteiger partial charge in [-0.05, 0) is 31.0 Å². The first-order valence-corrected chi connectivity index (χ1v) is 6.98. The molecule has 0 fully saturated rings. The van der Waals surface area contributed by atoms with Crippen LogP contribution in [0.2, 0.25) is 0 Å². The summed E-state index contributed by atoms with van der Waals surface area (Å²) in [5.41, 5.74) is 1.39. The predicted octanol–water partition coefficient (Wildman–Crippen LogP) is 1.71. The number of nitriles is 1. The lowest BCUT2D eigenvalue weighted by atomic mass is 10.2. The maximum Gasteiger partial charge on any atom is 0.267 e. The van der Waals surface area contributed by atoms with E-state index < -0.39 is 5.91 Å². The highest BCUT2D eigenvalue weighted by molar-refractivity contribution is 6.07. The number of aryl methyl sites for hydroxylation is 1. The molecule has 0 aromatic heterocycles. The van der Waals surface area contributed by atoms with Crippen LogP contribution in [0.15, 0.2) is 30.0 Å². The largest absolute Gasteiger partial charge is 0.495 e. The van der Waals surface area contributed by atoms with Crippen molar-refractivity contribution >= 4 is 11.6 Å². The smallest absolute Gasteiger partial charge is 0.267 e. The molecule has 1 atom stereocenters. The Kier molecular flexibility index (Phi) is 6.93. The van der Waals surface area contributed by atoms with Crippen LogP contribution in [0.4, 0.5) is 5.69 Å². The molecule has 0 saturated heterocycles. The number of hydrogen-bond acceptors (Lipinski definition) is 5. The summed E-state index contributed by atoms with van der Waals surface area (Å²) in [5.74, 6) is -0.0160. The summed E-state index contributed by atoms with van der Waals surface area (Å²) in [4.78, 5) is 12.2. The number of nitrogens with one attached hydrogen (secondary N) is 2. The molecular formula is C16H21N3O3. The van der Waals surface area contributed by atoms with Crippen molar-refractivity contribution in [1.29, 1.82) is 5.26 Å². The first-order chi connectivity index (χ1) is 10.5. The fraction of sp³-hybridized carbons (Fsp3) is 0.375. The molecule has 6 heteroatoms. The number of carbonyl (C=O) groups is 1. The van der Waals surface area contributed by atoms with Crippen LogP contribution in [0, 0.1) is 18.3 Å². The third-order valence-electron chi connectivity index (χ3n) is 3.14. The van der Waals surface area contributed by atoms with Gasteiger partial charge in [0.05, 0.1) is 19.4 Å². The summed E-state index contributed by atoms with van der Waals surface area (Å²) in [6.45, 7) is 3.72. The Balaban J connectivity index is 2.88. The molecule has 22 heavy (non-hydrogen) atoms. The van der Waals surface area contributed by atoms with Crippen LogP contribution in [0.5, 0.6) is 5.75 Å². The Morgan fingerprint density at radius 1 is 1.55 bits per heavy atom. The van der Waals surface area contributed by atoms with Gasteiger partial charge in [-0.25, -0.2) is 0 Å². The van der Waals surface area contributed by atoms with E-state index in [2.05, 4.69) is 10.6 Å². The van der Waals surface area contributed by atoms with E-state index in [1.54, 1.807) is 12.1 Å². The lowest BCUT2D eigenvalue weighted by Crippen LogP contribution is -2.28. The van der Waals surface area contributed by atoms with Gasteiger partial charge in [0.25, 0.3) is 5.91 Å². The second kappa shape index (κ2) is 8.70. The van der Waals surface area contributed by atoms with E-state index >= 15 is 0 Å². The van der Waals surface area contributed by atoms with Crippen molar-refractivity contribution in [3.05, 3.63) is 35.5 Å². The minimum atomic E-state index is -0.535. The third-order valence-corrected chi connectivity index (χ3v) is 3.14. The maximum atomic E-state index is 12.2. The standard InChI is InChI=1S/C16H21N3O3/c1-4-13(10-20)18-9-12(8-17)16(21)19-14-7-11(2)5-6-15(14)22-3/h5-7,9,13,18,20H,4,10H2,1-3H3,(H,19,21)/b12-9-. The van der Waals surface area contributed by atoms with E-state index in [4.69, 9.17) is 15.1 Å². The predicted molar refractivity (Wildman–Crippen MR) is 84.4 cm³/mol. The molecule has 1 aromatic carbocycles. The number of carbonyl (C=O) groups excluding carboxylic acids is 1. The highest BCUT2D eigenvalue weighted by Crippen LogP contribution is 2.25. The van der Waals surface area contributed by atoms with Gasteiger partial charge in [-0.3, -0.25) is 4.79 Å². The van der Waals surface area contributed by atoms with Crippen LogP contribution in [0.1, 0.15) is 18.9 Å². The van der Waals surface area contributed by atoms with Crippen molar-refractivity contribution in [3.8, 4) is 11.8 Å². The number of rotatable bonds is 7. The number of hydrogen-bond donors (Lipinski definition) is 3. The number of nitrogens with zero attached hydrogens (tertiary/aromatic N) is 1. The average Bonchev–Trinajstić information content (AvgIpc) is 2.52. The van der Waals surface area contributed by atoms with Gasteiger partial charge in [0.15, 0.2) is 0 Å². The van der Waals surface area contributed by atoms with Crippen LogP contribution in [-0.2, 0) is 4.79 Å². The molecule has 1 unspecified atom stereocenters. The van der Waals surface area contributed by atoms with E-state index in [9.17, 15) is 4.79 Å². The summed E-state index contributed by atoms with van der Waals surface area (Å²) in [6, 6.07) is 7.03. The molecule has 0 radical (unpaired) electrons. The number of aliphatic hydroxyl groups excluding tert-OH is 1. The summed E-state index contributed by atoms with van der Waals surface area (Å²) >= 11 is 0. The highest BCUT2D eigenvalue weighted by atomic mass is 16.5. The van der Waals surface area contributed by atoms with Crippen LogP contribution >= 0.6 is 0 Å². The quantitative estimate of drug-likeness (QED) is 0.526. The molecular weight excluding hydrogens is 282 g/mol. The molecule has 0 aliphatic carbocycles. The molecule has 1 aromatic rings. The fourth-order valence-electron chi connectivity index (χ4n) is 1.76.